The number of nitriles is 1. The normalized spacial score (nSPS) is 17.2. The number of aromatic amines is 1. The van der Waals surface area contributed by atoms with Gasteiger partial charge < -0.3 is 15.6 Å². The van der Waals surface area contributed by atoms with Crippen LogP contribution >= 0.6 is 11.6 Å². The Morgan fingerprint density at radius 3 is 2.90 bits per heavy atom. The molecule has 0 amide bonds. The van der Waals surface area contributed by atoms with Gasteiger partial charge in [-0.05, 0) is 25.5 Å². The number of H-pyrrole nitrogens is 1. The van der Waals surface area contributed by atoms with Gasteiger partial charge in [0.05, 0.1) is 28.0 Å². The topological polar surface area (TPSA) is 124 Å². The highest BCUT2D eigenvalue weighted by Crippen LogP contribution is 2.36. The van der Waals surface area contributed by atoms with Gasteiger partial charge in [0.1, 0.15) is 11.0 Å². The summed E-state index contributed by atoms with van der Waals surface area (Å²) in [5.41, 5.74) is 1.59. The van der Waals surface area contributed by atoms with Crippen LogP contribution in [0.2, 0.25) is 5.02 Å². The SMILES string of the molecule is CS(=O)(=O)c1c(C#N)ccc2c(-c3nc(N[C@H]4CCCNC4)ncc3Cl)c[nH]c12. The van der Waals surface area contributed by atoms with Gasteiger partial charge >= 0.3 is 0 Å². The lowest BCUT2D eigenvalue weighted by Crippen LogP contribution is -2.38. The Morgan fingerprint density at radius 1 is 1.38 bits per heavy atom. The minimum Gasteiger partial charge on any atom is -0.359 e. The Morgan fingerprint density at radius 2 is 2.21 bits per heavy atom. The lowest BCUT2D eigenvalue weighted by Gasteiger charge is -2.23. The lowest BCUT2D eigenvalue weighted by atomic mass is 10.1. The molecule has 3 aromatic rings. The number of nitrogens with zero attached hydrogens (tertiary/aromatic N) is 3. The van der Waals surface area contributed by atoms with E-state index in [0.29, 0.717) is 33.1 Å². The molecule has 0 radical (unpaired) electrons. The van der Waals surface area contributed by atoms with E-state index in [-0.39, 0.29) is 16.5 Å². The fourth-order valence-electron chi connectivity index (χ4n) is 3.62. The van der Waals surface area contributed by atoms with E-state index < -0.39 is 9.84 Å². The van der Waals surface area contributed by atoms with Crippen molar-refractivity contribution in [2.75, 3.05) is 24.7 Å². The maximum Gasteiger partial charge on any atom is 0.223 e. The number of benzene rings is 1. The third kappa shape index (κ3) is 3.79. The number of aromatic nitrogens is 3. The summed E-state index contributed by atoms with van der Waals surface area (Å²) in [4.78, 5) is 11.8. The molecular formula is C19H19ClN6O2S. The quantitative estimate of drug-likeness (QED) is 0.581. The number of piperidine rings is 1. The zero-order chi connectivity index (χ0) is 20.6. The molecule has 3 N–H and O–H groups in total. The molecule has 0 bridgehead atoms. The molecule has 1 atom stereocenters. The van der Waals surface area contributed by atoms with Crippen molar-refractivity contribution in [1.82, 2.24) is 20.3 Å². The molecule has 1 saturated heterocycles. The number of hydrogen-bond donors (Lipinski definition) is 3. The third-order valence-corrected chi connectivity index (χ3v) is 6.37. The van der Waals surface area contributed by atoms with Gasteiger partial charge in [-0.1, -0.05) is 17.7 Å². The average Bonchev–Trinajstić information content (AvgIpc) is 3.12. The molecule has 0 aliphatic carbocycles. The van der Waals surface area contributed by atoms with E-state index in [0.717, 1.165) is 32.2 Å². The van der Waals surface area contributed by atoms with Crippen molar-refractivity contribution < 1.29 is 8.42 Å². The van der Waals surface area contributed by atoms with Crippen molar-refractivity contribution in [2.45, 2.75) is 23.8 Å². The summed E-state index contributed by atoms with van der Waals surface area (Å²) < 4.78 is 24.6. The van der Waals surface area contributed by atoms with Gasteiger partial charge in [0.15, 0.2) is 9.84 Å². The van der Waals surface area contributed by atoms with Crippen LogP contribution in [0.5, 0.6) is 0 Å². The average molecular weight is 431 g/mol. The van der Waals surface area contributed by atoms with Crippen LogP contribution in [0.25, 0.3) is 22.2 Å². The Balaban J connectivity index is 1.81. The Bertz CT molecular complexity index is 1230. The fourth-order valence-corrected chi connectivity index (χ4v) is 4.87. The molecule has 2 aromatic heterocycles. The van der Waals surface area contributed by atoms with Gasteiger partial charge in [-0.25, -0.2) is 18.4 Å². The van der Waals surface area contributed by atoms with Crippen LogP contribution < -0.4 is 10.6 Å². The minimum absolute atomic E-state index is 0.0273. The Labute approximate surface area is 173 Å². The van der Waals surface area contributed by atoms with Crippen molar-refractivity contribution >= 4 is 38.3 Å². The van der Waals surface area contributed by atoms with E-state index in [9.17, 15) is 13.7 Å². The van der Waals surface area contributed by atoms with E-state index in [1.54, 1.807) is 12.3 Å². The van der Waals surface area contributed by atoms with E-state index in [1.165, 1.54) is 12.3 Å². The highest BCUT2D eigenvalue weighted by molar-refractivity contribution is 7.91. The predicted octanol–water partition coefficient (Wildman–Crippen LogP) is 2.72. The maximum atomic E-state index is 12.3. The first-order valence-electron chi connectivity index (χ1n) is 9.13. The lowest BCUT2D eigenvalue weighted by molar-refractivity contribution is 0.478. The molecule has 0 unspecified atom stereocenters. The minimum atomic E-state index is -3.62. The number of hydrogen-bond acceptors (Lipinski definition) is 7. The van der Waals surface area contributed by atoms with Crippen molar-refractivity contribution in [1.29, 1.82) is 5.26 Å². The number of nitrogens with one attached hydrogen (secondary N) is 3. The molecule has 0 spiro atoms. The van der Waals surface area contributed by atoms with E-state index in [2.05, 4.69) is 25.6 Å². The van der Waals surface area contributed by atoms with Gasteiger partial charge in [0, 0.05) is 36.0 Å². The third-order valence-electron chi connectivity index (χ3n) is 4.93. The number of sulfone groups is 1. The second-order valence-corrected chi connectivity index (χ2v) is 9.39. The van der Waals surface area contributed by atoms with Gasteiger partial charge in [-0.15, -0.1) is 0 Å². The molecule has 1 aliphatic rings. The summed E-state index contributed by atoms with van der Waals surface area (Å²) in [7, 11) is -3.62. The zero-order valence-corrected chi connectivity index (χ0v) is 17.2. The second-order valence-electron chi connectivity index (χ2n) is 7.03. The summed E-state index contributed by atoms with van der Waals surface area (Å²) in [5.74, 6) is 0.462. The Hall–Kier alpha value is -2.67. The summed E-state index contributed by atoms with van der Waals surface area (Å²) in [6, 6.07) is 5.37. The molecule has 1 fully saturated rings. The van der Waals surface area contributed by atoms with Gasteiger partial charge in [-0.2, -0.15) is 5.26 Å². The molecule has 8 nitrogen and oxygen atoms in total. The summed E-state index contributed by atoms with van der Waals surface area (Å²) in [6.45, 7) is 1.84. The smallest absolute Gasteiger partial charge is 0.223 e. The predicted molar refractivity (Wildman–Crippen MR) is 112 cm³/mol. The maximum absolute atomic E-state index is 12.3. The number of anilines is 1. The fraction of sp³-hybridized carbons (Fsp3) is 0.316. The summed E-state index contributed by atoms with van der Waals surface area (Å²) >= 11 is 6.37. The van der Waals surface area contributed by atoms with Crippen LogP contribution in [0.4, 0.5) is 5.95 Å². The van der Waals surface area contributed by atoms with Crippen molar-refractivity contribution in [3.63, 3.8) is 0 Å². The molecular weight excluding hydrogens is 412 g/mol. The highest BCUT2D eigenvalue weighted by atomic mass is 35.5. The molecule has 1 aliphatic heterocycles. The van der Waals surface area contributed by atoms with Crippen LogP contribution in [-0.4, -0.2) is 48.8 Å². The Kier molecular flexibility index (Phi) is 5.17. The van der Waals surface area contributed by atoms with Crippen LogP contribution in [0.1, 0.15) is 18.4 Å². The first-order valence-corrected chi connectivity index (χ1v) is 11.4. The van der Waals surface area contributed by atoms with Gasteiger partial charge in [-0.3, -0.25) is 0 Å². The standard InChI is InChI=1S/C19H19ClN6O2S/c1-29(27,28)18-11(7-21)4-5-13-14(9-23-17(13)18)16-15(20)10-24-19(26-16)25-12-3-2-6-22-8-12/h4-5,9-10,12,22-23H,2-3,6,8H2,1H3,(H,24,25,26)/t12-/m0/s1. The molecule has 3 heterocycles. The van der Waals surface area contributed by atoms with Crippen LogP contribution in [0.3, 0.4) is 0 Å². The van der Waals surface area contributed by atoms with E-state index in [4.69, 9.17) is 11.6 Å². The molecule has 150 valence electrons. The number of halogens is 1. The number of rotatable bonds is 4. The molecule has 1 aromatic carbocycles. The van der Waals surface area contributed by atoms with Crippen LogP contribution in [-0.2, 0) is 9.84 Å². The van der Waals surface area contributed by atoms with Gasteiger partial charge in [0.2, 0.25) is 5.95 Å². The van der Waals surface area contributed by atoms with E-state index >= 15 is 0 Å². The van der Waals surface area contributed by atoms with Crippen molar-refractivity contribution in [3.8, 4) is 17.3 Å². The molecule has 4 rings (SSSR count). The van der Waals surface area contributed by atoms with Gasteiger partial charge in [0.25, 0.3) is 0 Å². The largest absolute Gasteiger partial charge is 0.359 e. The van der Waals surface area contributed by atoms with E-state index in [1.807, 2.05) is 6.07 Å². The summed E-state index contributed by atoms with van der Waals surface area (Å²) in [5, 5.41) is 16.9. The van der Waals surface area contributed by atoms with Crippen LogP contribution in [0.15, 0.2) is 29.4 Å². The summed E-state index contributed by atoms with van der Waals surface area (Å²) in [6.07, 6.45) is 6.37. The van der Waals surface area contributed by atoms with Crippen molar-refractivity contribution in [3.05, 3.63) is 35.1 Å². The van der Waals surface area contributed by atoms with Crippen molar-refractivity contribution in [2.24, 2.45) is 0 Å². The highest BCUT2D eigenvalue weighted by Gasteiger charge is 2.22. The first kappa shape index (κ1) is 19.6. The van der Waals surface area contributed by atoms with Crippen LogP contribution in [0, 0.1) is 11.3 Å². The second kappa shape index (κ2) is 7.63. The number of fused-ring (bicyclic) bond motifs is 1. The first-order chi connectivity index (χ1) is 13.9. The molecule has 0 saturated carbocycles. The molecule has 29 heavy (non-hydrogen) atoms. The monoisotopic (exact) mass is 430 g/mol. The molecule has 10 heteroatoms. The zero-order valence-electron chi connectivity index (χ0n) is 15.7.